The average molecular weight is 276 g/mol. The number of hydrogen-bond acceptors (Lipinski definition) is 4. The van der Waals surface area contributed by atoms with Crippen molar-refractivity contribution in [3.63, 3.8) is 0 Å². The molecule has 0 saturated carbocycles. The van der Waals surface area contributed by atoms with Crippen LogP contribution in [-0.2, 0) is 4.79 Å². The van der Waals surface area contributed by atoms with E-state index in [2.05, 4.69) is 15.5 Å². The Labute approximate surface area is 120 Å². The molecule has 0 bridgehead atoms. The molecule has 2 rings (SSSR count). The van der Waals surface area contributed by atoms with Crippen LogP contribution in [-0.4, -0.2) is 57.6 Å². The van der Waals surface area contributed by atoms with E-state index in [1.807, 2.05) is 43.3 Å². The molecule has 2 N–H and O–H groups in total. The number of rotatable bonds is 5. The summed E-state index contributed by atoms with van der Waals surface area (Å²) < 4.78 is 0. The number of anilines is 2. The highest BCUT2D eigenvalue weighted by Gasteiger charge is 2.11. The average Bonchev–Trinajstić information content (AvgIpc) is 2.47. The van der Waals surface area contributed by atoms with Gasteiger partial charge < -0.3 is 20.4 Å². The monoisotopic (exact) mass is 276 g/mol. The van der Waals surface area contributed by atoms with Gasteiger partial charge in [0.05, 0.1) is 0 Å². The molecule has 0 spiro atoms. The number of benzene rings is 1. The van der Waals surface area contributed by atoms with Crippen molar-refractivity contribution in [1.29, 1.82) is 0 Å². The van der Waals surface area contributed by atoms with Crippen LogP contribution in [0, 0.1) is 0 Å². The maximum absolute atomic E-state index is 11.9. The van der Waals surface area contributed by atoms with E-state index in [9.17, 15) is 4.79 Å². The number of carbonyl (C=O) groups excluding carboxylic acids is 1. The first-order valence-electron chi connectivity index (χ1n) is 7.15. The molecule has 1 amide bonds. The van der Waals surface area contributed by atoms with Crippen LogP contribution in [0.25, 0.3) is 0 Å². The minimum absolute atomic E-state index is 0.0844. The van der Waals surface area contributed by atoms with Crippen molar-refractivity contribution in [2.75, 3.05) is 57.0 Å². The molecule has 0 aromatic heterocycles. The lowest BCUT2D eigenvalue weighted by atomic mass is 10.2. The van der Waals surface area contributed by atoms with E-state index >= 15 is 0 Å². The summed E-state index contributed by atoms with van der Waals surface area (Å²) in [7, 11) is 4.00. The Morgan fingerprint density at radius 2 is 1.90 bits per heavy atom. The lowest BCUT2D eigenvalue weighted by molar-refractivity contribution is -0.116. The van der Waals surface area contributed by atoms with Crippen molar-refractivity contribution < 1.29 is 4.79 Å². The van der Waals surface area contributed by atoms with Crippen LogP contribution in [0.15, 0.2) is 24.3 Å². The highest BCUT2D eigenvalue weighted by atomic mass is 16.1. The molecule has 5 heteroatoms. The van der Waals surface area contributed by atoms with E-state index in [0.29, 0.717) is 6.42 Å². The van der Waals surface area contributed by atoms with Gasteiger partial charge >= 0.3 is 0 Å². The van der Waals surface area contributed by atoms with Crippen molar-refractivity contribution in [1.82, 2.24) is 10.2 Å². The zero-order valence-electron chi connectivity index (χ0n) is 12.4. The topological polar surface area (TPSA) is 47.6 Å². The first-order chi connectivity index (χ1) is 9.65. The van der Waals surface area contributed by atoms with Gasteiger partial charge in [0, 0.05) is 64.6 Å². The highest BCUT2D eigenvalue weighted by molar-refractivity contribution is 5.91. The van der Waals surface area contributed by atoms with Crippen LogP contribution in [0.1, 0.15) is 6.42 Å². The van der Waals surface area contributed by atoms with Crippen LogP contribution < -0.4 is 15.5 Å². The van der Waals surface area contributed by atoms with Gasteiger partial charge in [-0.2, -0.15) is 0 Å². The van der Waals surface area contributed by atoms with Crippen LogP contribution >= 0.6 is 0 Å². The second-order valence-corrected chi connectivity index (χ2v) is 5.33. The first-order valence-corrected chi connectivity index (χ1v) is 7.15. The molecule has 1 aliphatic heterocycles. The summed E-state index contributed by atoms with van der Waals surface area (Å²) in [6.45, 7) is 4.94. The van der Waals surface area contributed by atoms with Gasteiger partial charge in [0.1, 0.15) is 0 Å². The smallest absolute Gasteiger partial charge is 0.225 e. The van der Waals surface area contributed by atoms with E-state index < -0.39 is 0 Å². The van der Waals surface area contributed by atoms with Gasteiger partial charge in [0.25, 0.3) is 0 Å². The van der Waals surface area contributed by atoms with Crippen LogP contribution in [0.4, 0.5) is 11.4 Å². The Hall–Kier alpha value is -1.59. The van der Waals surface area contributed by atoms with E-state index in [1.165, 1.54) is 0 Å². The molecule has 0 radical (unpaired) electrons. The molecule has 1 fully saturated rings. The van der Waals surface area contributed by atoms with Gasteiger partial charge in [0.15, 0.2) is 0 Å². The van der Waals surface area contributed by atoms with Gasteiger partial charge in [0.2, 0.25) is 5.91 Å². The molecule has 0 atom stereocenters. The van der Waals surface area contributed by atoms with Crippen LogP contribution in [0.5, 0.6) is 0 Å². The van der Waals surface area contributed by atoms with Gasteiger partial charge in [-0.1, -0.05) is 0 Å². The molecule has 1 aromatic carbocycles. The van der Waals surface area contributed by atoms with Crippen LogP contribution in [0.3, 0.4) is 0 Å². The van der Waals surface area contributed by atoms with E-state index in [1.54, 1.807) is 0 Å². The zero-order valence-corrected chi connectivity index (χ0v) is 12.4. The summed E-state index contributed by atoms with van der Waals surface area (Å²) in [5.41, 5.74) is 1.99. The number of carbonyl (C=O) groups is 1. The fraction of sp³-hybridized carbons (Fsp3) is 0.533. The molecule has 1 saturated heterocycles. The molecule has 0 aliphatic carbocycles. The summed E-state index contributed by atoms with van der Waals surface area (Å²) in [4.78, 5) is 16.3. The maximum Gasteiger partial charge on any atom is 0.225 e. The predicted octanol–water partition coefficient (Wildman–Crippen LogP) is 0.986. The Bertz CT molecular complexity index is 424. The number of nitrogens with zero attached hydrogens (tertiary/aromatic N) is 2. The molecule has 0 unspecified atom stereocenters. The Morgan fingerprint density at radius 3 is 2.50 bits per heavy atom. The van der Waals surface area contributed by atoms with Crippen molar-refractivity contribution >= 4 is 17.3 Å². The first kappa shape index (κ1) is 14.8. The Balaban J connectivity index is 1.75. The summed E-state index contributed by atoms with van der Waals surface area (Å²) in [6.07, 6.45) is 0.551. The van der Waals surface area contributed by atoms with Gasteiger partial charge in [-0.25, -0.2) is 0 Å². The van der Waals surface area contributed by atoms with Crippen molar-refractivity contribution in [3.05, 3.63) is 24.3 Å². The molecule has 1 aliphatic rings. The van der Waals surface area contributed by atoms with E-state index in [-0.39, 0.29) is 5.91 Å². The predicted molar refractivity (Wildman–Crippen MR) is 83.3 cm³/mol. The van der Waals surface area contributed by atoms with Crippen molar-refractivity contribution in [3.8, 4) is 0 Å². The highest BCUT2D eigenvalue weighted by Crippen LogP contribution is 2.15. The largest absolute Gasteiger partial charge is 0.378 e. The van der Waals surface area contributed by atoms with E-state index in [4.69, 9.17) is 0 Å². The molecular weight excluding hydrogens is 252 g/mol. The molecule has 20 heavy (non-hydrogen) atoms. The van der Waals surface area contributed by atoms with Gasteiger partial charge in [-0.15, -0.1) is 0 Å². The van der Waals surface area contributed by atoms with Crippen molar-refractivity contribution in [2.24, 2.45) is 0 Å². The summed E-state index contributed by atoms with van der Waals surface area (Å²) in [5.74, 6) is 0.0844. The number of piperazine rings is 1. The minimum Gasteiger partial charge on any atom is -0.378 e. The third-order valence-corrected chi connectivity index (χ3v) is 3.53. The molecule has 110 valence electrons. The fourth-order valence-electron chi connectivity index (χ4n) is 2.26. The summed E-state index contributed by atoms with van der Waals surface area (Å²) >= 11 is 0. The summed E-state index contributed by atoms with van der Waals surface area (Å²) in [6, 6.07) is 7.90. The third kappa shape index (κ3) is 4.51. The minimum atomic E-state index is 0.0844. The van der Waals surface area contributed by atoms with Crippen LogP contribution in [0.2, 0.25) is 0 Å². The molecule has 5 nitrogen and oxygen atoms in total. The summed E-state index contributed by atoms with van der Waals surface area (Å²) in [5, 5.41) is 6.26. The van der Waals surface area contributed by atoms with Crippen molar-refractivity contribution in [2.45, 2.75) is 6.42 Å². The number of hydrogen-bond donors (Lipinski definition) is 2. The molecule has 1 aromatic rings. The number of nitrogens with one attached hydrogen (secondary N) is 2. The lowest BCUT2D eigenvalue weighted by Gasteiger charge is -2.26. The number of amides is 1. The normalized spacial score (nSPS) is 15.9. The lowest BCUT2D eigenvalue weighted by Crippen LogP contribution is -2.44. The van der Waals surface area contributed by atoms with Gasteiger partial charge in [-0.05, 0) is 24.3 Å². The standard InChI is InChI=1S/C15H24N4O/c1-18(2)14-5-3-13(4-6-14)17-15(20)7-10-19-11-8-16-9-12-19/h3-6,16H,7-12H2,1-2H3,(H,17,20). The third-order valence-electron chi connectivity index (χ3n) is 3.53. The second-order valence-electron chi connectivity index (χ2n) is 5.33. The fourth-order valence-corrected chi connectivity index (χ4v) is 2.26. The quantitative estimate of drug-likeness (QED) is 0.842. The Morgan fingerprint density at radius 1 is 1.25 bits per heavy atom. The Kier molecular flexibility index (Phi) is 5.38. The molecule has 1 heterocycles. The van der Waals surface area contributed by atoms with Gasteiger partial charge in [-0.3, -0.25) is 4.79 Å². The SMILES string of the molecule is CN(C)c1ccc(NC(=O)CCN2CCNCC2)cc1. The molecular formula is C15H24N4O. The second kappa shape index (κ2) is 7.26. The zero-order chi connectivity index (χ0) is 14.4. The van der Waals surface area contributed by atoms with E-state index in [0.717, 1.165) is 44.1 Å². The maximum atomic E-state index is 11.9.